The predicted octanol–water partition coefficient (Wildman–Crippen LogP) is 3.52. The molecule has 0 aliphatic heterocycles. The zero-order valence-corrected chi connectivity index (χ0v) is 20.2. The van der Waals surface area contributed by atoms with Crippen molar-refractivity contribution >= 4 is 29.3 Å². The van der Waals surface area contributed by atoms with Gasteiger partial charge in [0, 0.05) is 38.2 Å². The van der Waals surface area contributed by atoms with E-state index in [9.17, 15) is 14.4 Å². The van der Waals surface area contributed by atoms with Crippen molar-refractivity contribution in [1.82, 2.24) is 15.5 Å². The average Bonchev–Trinajstić information content (AvgIpc) is 3.18. The summed E-state index contributed by atoms with van der Waals surface area (Å²) in [7, 11) is 1.52. The highest BCUT2D eigenvalue weighted by atomic mass is 16.6. The standard InChI is InChI=1S/C24H33N5O6/c1-17(30)28-24(12-5-3-4-6-13-24)22-27-21(35-29-22)11-10-20(31)25-18-8-7-9-19(16-18)26-23(32)34-15-14-33-2/h7-9,16H,3-6,10-15H2,1-2H3,(H,25,31)(H,26,32)(H,28,30). The van der Waals surface area contributed by atoms with Gasteiger partial charge in [-0.05, 0) is 31.0 Å². The first-order valence-electron chi connectivity index (χ1n) is 11.8. The Morgan fingerprint density at radius 3 is 2.46 bits per heavy atom. The molecule has 1 aromatic carbocycles. The maximum Gasteiger partial charge on any atom is 0.411 e. The van der Waals surface area contributed by atoms with Gasteiger partial charge in [-0.3, -0.25) is 14.9 Å². The molecule has 11 heteroatoms. The molecular weight excluding hydrogens is 454 g/mol. The van der Waals surface area contributed by atoms with Crippen molar-refractivity contribution < 1.29 is 28.4 Å². The van der Waals surface area contributed by atoms with Crippen LogP contribution in [0.25, 0.3) is 0 Å². The third-order valence-corrected chi connectivity index (χ3v) is 5.75. The molecule has 3 amide bonds. The van der Waals surface area contributed by atoms with Crippen LogP contribution >= 0.6 is 0 Å². The molecule has 0 saturated heterocycles. The molecule has 0 bridgehead atoms. The minimum absolute atomic E-state index is 0.127. The number of ether oxygens (including phenoxy) is 2. The van der Waals surface area contributed by atoms with Crippen LogP contribution in [0.3, 0.4) is 0 Å². The molecule has 3 N–H and O–H groups in total. The van der Waals surface area contributed by atoms with Gasteiger partial charge in [-0.15, -0.1) is 0 Å². The summed E-state index contributed by atoms with van der Waals surface area (Å²) >= 11 is 0. The number of methoxy groups -OCH3 is 1. The predicted molar refractivity (Wildman–Crippen MR) is 128 cm³/mol. The Bertz CT molecular complexity index is 1000. The average molecular weight is 488 g/mol. The first-order valence-corrected chi connectivity index (χ1v) is 11.8. The molecule has 0 unspecified atom stereocenters. The van der Waals surface area contributed by atoms with Gasteiger partial charge in [0.1, 0.15) is 12.1 Å². The van der Waals surface area contributed by atoms with Crippen molar-refractivity contribution in [2.24, 2.45) is 0 Å². The Hall–Kier alpha value is -3.47. The van der Waals surface area contributed by atoms with Crippen LogP contribution in [0.4, 0.5) is 16.2 Å². The number of carbonyl (C=O) groups excluding carboxylic acids is 3. The number of nitrogens with one attached hydrogen (secondary N) is 3. The Morgan fingerprint density at radius 2 is 1.77 bits per heavy atom. The lowest BCUT2D eigenvalue weighted by molar-refractivity contribution is -0.121. The van der Waals surface area contributed by atoms with Crippen LogP contribution in [0.15, 0.2) is 28.8 Å². The van der Waals surface area contributed by atoms with E-state index in [0.29, 0.717) is 29.7 Å². The van der Waals surface area contributed by atoms with Gasteiger partial charge in [-0.25, -0.2) is 4.79 Å². The van der Waals surface area contributed by atoms with E-state index in [-0.39, 0.29) is 31.3 Å². The van der Waals surface area contributed by atoms with E-state index in [2.05, 4.69) is 26.1 Å². The van der Waals surface area contributed by atoms with Gasteiger partial charge in [0.2, 0.25) is 17.7 Å². The van der Waals surface area contributed by atoms with Crippen molar-refractivity contribution in [3.05, 3.63) is 36.0 Å². The van der Waals surface area contributed by atoms with Gasteiger partial charge in [-0.1, -0.05) is 36.9 Å². The second-order valence-corrected chi connectivity index (χ2v) is 8.57. The molecule has 1 aliphatic carbocycles. The maximum absolute atomic E-state index is 12.5. The fourth-order valence-corrected chi connectivity index (χ4v) is 4.11. The molecule has 1 heterocycles. The number of rotatable bonds is 10. The van der Waals surface area contributed by atoms with Crippen LogP contribution in [0.1, 0.15) is 63.6 Å². The van der Waals surface area contributed by atoms with Crippen LogP contribution in [-0.4, -0.2) is 48.4 Å². The minimum atomic E-state index is -0.621. The summed E-state index contributed by atoms with van der Waals surface area (Å²) in [5, 5.41) is 12.6. The van der Waals surface area contributed by atoms with E-state index in [1.807, 2.05) is 0 Å². The van der Waals surface area contributed by atoms with E-state index in [1.165, 1.54) is 14.0 Å². The SMILES string of the molecule is COCCOC(=O)Nc1cccc(NC(=O)CCc2nc(C3(NC(C)=O)CCCCCC3)no2)c1. The monoisotopic (exact) mass is 487 g/mol. The molecule has 1 saturated carbocycles. The van der Waals surface area contributed by atoms with Crippen molar-refractivity contribution in [3.8, 4) is 0 Å². The lowest BCUT2D eigenvalue weighted by Gasteiger charge is -2.30. The summed E-state index contributed by atoms with van der Waals surface area (Å²) in [6, 6.07) is 6.74. The Kier molecular flexibility index (Phi) is 9.59. The smallest absolute Gasteiger partial charge is 0.411 e. The summed E-state index contributed by atoms with van der Waals surface area (Å²) in [4.78, 5) is 40.6. The summed E-state index contributed by atoms with van der Waals surface area (Å²) in [6.07, 6.45) is 5.48. The Balaban J connectivity index is 1.54. The normalized spacial score (nSPS) is 15.0. The molecule has 11 nitrogen and oxygen atoms in total. The van der Waals surface area contributed by atoms with E-state index in [0.717, 1.165) is 38.5 Å². The third kappa shape index (κ3) is 8.06. The molecule has 0 atom stereocenters. The van der Waals surface area contributed by atoms with Crippen molar-refractivity contribution in [1.29, 1.82) is 0 Å². The van der Waals surface area contributed by atoms with Gasteiger partial charge in [0.05, 0.1) is 6.61 Å². The second-order valence-electron chi connectivity index (χ2n) is 8.57. The molecule has 190 valence electrons. The Morgan fingerprint density at radius 1 is 1.06 bits per heavy atom. The fraction of sp³-hybridized carbons (Fsp3) is 0.542. The number of hydrogen-bond donors (Lipinski definition) is 3. The molecule has 0 radical (unpaired) electrons. The number of carbonyl (C=O) groups is 3. The summed E-state index contributed by atoms with van der Waals surface area (Å²) < 4.78 is 15.2. The van der Waals surface area contributed by atoms with Gasteiger partial charge < -0.3 is 24.6 Å². The van der Waals surface area contributed by atoms with Crippen LogP contribution < -0.4 is 16.0 Å². The molecule has 2 aromatic rings. The van der Waals surface area contributed by atoms with Gasteiger partial charge in [-0.2, -0.15) is 4.98 Å². The highest BCUT2D eigenvalue weighted by molar-refractivity contribution is 5.92. The second kappa shape index (κ2) is 12.8. The van der Waals surface area contributed by atoms with Crippen LogP contribution in [0.5, 0.6) is 0 Å². The molecule has 1 aromatic heterocycles. The van der Waals surface area contributed by atoms with Crippen molar-refractivity contribution in [2.45, 2.75) is 63.8 Å². The van der Waals surface area contributed by atoms with Crippen LogP contribution in [0.2, 0.25) is 0 Å². The van der Waals surface area contributed by atoms with Gasteiger partial charge >= 0.3 is 6.09 Å². The lowest BCUT2D eigenvalue weighted by atomic mass is 9.89. The molecular formula is C24H33N5O6. The van der Waals surface area contributed by atoms with E-state index >= 15 is 0 Å². The fourth-order valence-electron chi connectivity index (χ4n) is 4.11. The quantitative estimate of drug-likeness (QED) is 0.341. The summed E-state index contributed by atoms with van der Waals surface area (Å²) in [5.74, 6) is 0.452. The van der Waals surface area contributed by atoms with E-state index in [1.54, 1.807) is 24.3 Å². The number of aromatic nitrogens is 2. The highest BCUT2D eigenvalue weighted by Gasteiger charge is 2.38. The Labute approximate surface area is 204 Å². The number of aryl methyl sites for hydroxylation is 1. The first-order chi connectivity index (χ1) is 16.9. The maximum atomic E-state index is 12.5. The summed E-state index contributed by atoms with van der Waals surface area (Å²) in [5.41, 5.74) is 0.391. The van der Waals surface area contributed by atoms with Gasteiger partial charge in [0.15, 0.2) is 5.82 Å². The number of amides is 3. The highest BCUT2D eigenvalue weighted by Crippen LogP contribution is 2.34. The van der Waals surface area contributed by atoms with Crippen LogP contribution in [-0.2, 0) is 31.0 Å². The zero-order chi connectivity index (χ0) is 25.1. The number of benzene rings is 1. The number of nitrogens with zero attached hydrogens (tertiary/aromatic N) is 2. The van der Waals surface area contributed by atoms with Gasteiger partial charge in [0.25, 0.3) is 0 Å². The van der Waals surface area contributed by atoms with E-state index < -0.39 is 11.6 Å². The molecule has 1 aliphatic rings. The van der Waals surface area contributed by atoms with Crippen molar-refractivity contribution in [3.63, 3.8) is 0 Å². The minimum Gasteiger partial charge on any atom is -0.447 e. The molecule has 1 fully saturated rings. The first kappa shape index (κ1) is 26.1. The van der Waals surface area contributed by atoms with Crippen molar-refractivity contribution in [2.75, 3.05) is 31.0 Å². The largest absolute Gasteiger partial charge is 0.447 e. The van der Waals surface area contributed by atoms with E-state index in [4.69, 9.17) is 14.0 Å². The zero-order valence-electron chi connectivity index (χ0n) is 20.2. The number of anilines is 2. The lowest BCUT2D eigenvalue weighted by Crippen LogP contribution is -2.45. The number of hydrogen-bond acceptors (Lipinski definition) is 8. The molecule has 3 rings (SSSR count). The topological polar surface area (TPSA) is 145 Å². The molecule has 35 heavy (non-hydrogen) atoms. The molecule has 0 spiro atoms. The van der Waals surface area contributed by atoms with Crippen LogP contribution in [0, 0.1) is 0 Å². The summed E-state index contributed by atoms with van der Waals surface area (Å²) in [6.45, 7) is 1.94. The third-order valence-electron chi connectivity index (χ3n) is 5.75.